The molecule has 4 N–H and O–H groups in total. The van der Waals surface area contributed by atoms with Gasteiger partial charge in [-0.3, -0.25) is 4.79 Å². The fourth-order valence-electron chi connectivity index (χ4n) is 1.14. The number of hydrogen-bond acceptors (Lipinski definition) is 3. The van der Waals surface area contributed by atoms with Crippen LogP contribution in [0.3, 0.4) is 0 Å². The number of carbonyl (C=O) groups excluding carboxylic acids is 1. The maximum atomic E-state index is 11.5. The molecule has 1 unspecified atom stereocenters. The van der Waals surface area contributed by atoms with E-state index in [-0.39, 0.29) is 30.0 Å². The smallest absolute Gasteiger partial charge is 0.220 e. The van der Waals surface area contributed by atoms with Crippen molar-refractivity contribution in [2.45, 2.75) is 52.1 Å². The summed E-state index contributed by atoms with van der Waals surface area (Å²) in [4.78, 5) is 11.5. The summed E-state index contributed by atoms with van der Waals surface area (Å²) in [6.45, 7) is 7.70. The van der Waals surface area contributed by atoms with Gasteiger partial charge in [0, 0.05) is 12.0 Å². The maximum absolute atomic E-state index is 11.5. The van der Waals surface area contributed by atoms with Gasteiger partial charge in [-0.1, -0.05) is 13.8 Å². The molecule has 0 bridgehead atoms. The molecule has 0 heterocycles. The fraction of sp³-hybridized carbons (Fsp3) is 0.909. The molecule has 4 nitrogen and oxygen atoms in total. The van der Waals surface area contributed by atoms with Gasteiger partial charge < -0.3 is 16.2 Å². The third-order valence-electron chi connectivity index (χ3n) is 2.34. The third-order valence-corrected chi connectivity index (χ3v) is 2.34. The molecule has 1 amide bonds. The summed E-state index contributed by atoms with van der Waals surface area (Å²) in [6, 6.07) is -0.154. The molecule has 4 heteroatoms. The Bertz CT molecular complexity index is 197. The van der Waals surface area contributed by atoms with Gasteiger partial charge in [0.15, 0.2) is 0 Å². The van der Waals surface area contributed by atoms with Crippen LogP contribution in [-0.4, -0.2) is 29.2 Å². The van der Waals surface area contributed by atoms with E-state index in [1.165, 1.54) is 0 Å². The van der Waals surface area contributed by atoms with Crippen LogP contribution in [0.25, 0.3) is 0 Å². The first-order chi connectivity index (χ1) is 6.76. The van der Waals surface area contributed by atoms with E-state index >= 15 is 0 Å². The highest BCUT2D eigenvalue weighted by Crippen LogP contribution is 2.07. The normalized spacial score (nSPS) is 14.1. The molecule has 0 radical (unpaired) electrons. The zero-order valence-corrected chi connectivity index (χ0v) is 10.2. The average molecular weight is 216 g/mol. The van der Waals surface area contributed by atoms with Gasteiger partial charge in [-0.05, 0) is 26.2 Å². The van der Waals surface area contributed by atoms with Crippen molar-refractivity contribution in [3.63, 3.8) is 0 Å². The number of aliphatic hydroxyl groups is 1. The van der Waals surface area contributed by atoms with Crippen LogP contribution in [0.15, 0.2) is 0 Å². The summed E-state index contributed by atoms with van der Waals surface area (Å²) in [5, 5.41) is 11.8. The van der Waals surface area contributed by atoms with E-state index in [1.54, 1.807) is 0 Å². The lowest BCUT2D eigenvalue weighted by molar-refractivity contribution is -0.122. The Balaban J connectivity index is 3.92. The minimum atomic E-state index is -0.316. The zero-order chi connectivity index (χ0) is 12.1. The summed E-state index contributed by atoms with van der Waals surface area (Å²) >= 11 is 0. The van der Waals surface area contributed by atoms with Crippen molar-refractivity contribution < 1.29 is 9.90 Å². The molecular formula is C11H24N2O2. The van der Waals surface area contributed by atoms with E-state index in [1.807, 2.05) is 27.7 Å². The number of nitrogens with one attached hydrogen (secondary N) is 1. The molecule has 0 aliphatic rings. The summed E-state index contributed by atoms with van der Waals surface area (Å²) in [5.74, 6) is 0.200. The van der Waals surface area contributed by atoms with Gasteiger partial charge in [0.25, 0.3) is 0 Å². The minimum Gasteiger partial charge on any atom is -0.394 e. The van der Waals surface area contributed by atoms with Crippen LogP contribution in [-0.2, 0) is 4.79 Å². The lowest BCUT2D eigenvalue weighted by Gasteiger charge is -2.22. The van der Waals surface area contributed by atoms with Crippen LogP contribution < -0.4 is 11.1 Å². The summed E-state index contributed by atoms with van der Waals surface area (Å²) in [7, 11) is 0. The third kappa shape index (κ3) is 7.33. The topological polar surface area (TPSA) is 75.3 Å². The van der Waals surface area contributed by atoms with Crippen molar-refractivity contribution in [1.82, 2.24) is 5.32 Å². The maximum Gasteiger partial charge on any atom is 0.220 e. The molecule has 0 spiro atoms. The molecule has 0 aromatic heterocycles. The molecule has 0 saturated carbocycles. The zero-order valence-electron chi connectivity index (χ0n) is 10.2. The van der Waals surface area contributed by atoms with Gasteiger partial charge in [0.05, 0.1) is 12.6 Å². The van der Waals surface area contributed by atoms with Crippen molar-refractivity contribution in [3.8, 4) is 0 Å². The van der Waals surface area contributed by atoms with E-state index in [0.29, 0.717) is 12.8 Å². The predicted octanol–water partition coefficient (Wildman–Crippen LogP) is 0.637. The highest BCUT2D eigenvalue weighted by molar-refractivity contribution is 5.76. The van der Waals surface area contributed by atoms with Crippen LogP contribution in [0.1, 0.15) is 40.5 Å². The van der Waals surface area contributed by atoms with Crippen LogP contribution in [0.5, 0.6) is 0 Å². The summed E-state index contributed by atoms with van der Waals surface area (Å²) < 4.78 is 0. The monoisotopic (exact) mass is 216 g/mol. The molecule has 0 rings (SSSR count). The van der Waals surface area contributed by atoms with Crippen LogP contribution in [0.4, 0.5) is 0 Å². The van der Waals surface area contributed by atoms with Gasteiger partial charge in [0.2, 0.25) is 5.91 Å². The number of amides is 1. The molecule has 90 valence electrons. The number of aliphatic hydroxyl groups excluding tert-OH is 1. The highest BCUT2D eigenvalue weighted by atomic mass is 16.3. The molecule has 0 aliphatic heterocycles. The first-order valence-electron chi connectivity index (χ1n) is 5.45. The quantitative estimate of drug-likeness (QED) is 0.610. The molecule has 0 aromatic carbocycles. The van der Waals surface area contributed by atoms with Crippen LogP contribution in [0, 0.1) is 5.92 Å². The lowest BCUT2D eigenvalue weighted by Crippen LogP contribution is -2.42. The van der Waals surface area contributed by atoms with E-state index < -0.39 is 0 Å². The van der Waals surface area contributed by atoms with E-state index in [4.69, 9.17) is 10.8 Å². The lowest BCUT2D eigenvalue weighted by atomic mass is 9.99. The minimum absolute atomic E-state index is 0.0184. The number of hydrogen-bond donors (Lipinski definition) is 3. The standard InChI is InChI=1S/C11H24N2O2/c1-8(2)9(7-14)13-10(15)5-6-11(3,4)12/h8-9,14H,5-7,12H2,1-4H3,(H,13,15). The van der Waals surface area contributed by atoms with Gasteiger partial charge in [0.1, 0.15) is 0 Å². The van der Waals surface area contributed by atoms with Crippen LogP contribution >= 0.6 is 0 Å². The number of carbonyl (C=O) groups is 1. The van der Waals surface area contributed by atoms with Crippen molar-refractivity contribution in [2.24, 2.45) is 11.7 Å². The second-order valence-corrected chi connectivity index (χ2v) is 5.09. The summed E-state index contributed by atoms with van der Waals surface area (Å²) in [5.41, 5.74) is 5.46. The molecular weight excluding hydrogens is 192 g/mol. The molecule has 15 heavy (non-hydrogen) atoms. The fourth-order valence-corrected chi connectivity index (χ4v) is 1.14. The highest BCUT2D eigenvalue weighted by Gasteiger charge is 2.17. The molecule has 0 fully saturated rings. The van der Waals surface area contributed by atoms with Gasteiger partial charge in [-0.2, -0.15) is 0 Å². The predicted molar refractivity (Wildman–Crippen MR) is 61.4 cm³/mol. The van der Waals surface area contributed by atoms with Gasteiger partial charge in [-0.15, -0.1) is 0 Å². The number of rotatable bonds is 6. The molecule has 0 aromatic rings. The Labute approximate surface area is 92.2 Å². The molecule has 1 atom stereocenters. The molecule has 0 saturated heterocycles. The van der Waals surface area contributed by atoms with E-state index in [2.05, 4.69) is 5.32 Å². The average Bonchev–Trinajstić information content (AvgIpc) is 2.09. The SMILES string of the molecule is CC(C)C(CO)NC(=O)CCC(C)(C)N. The Morgan fingerprint density at radius 1 is 1.47 bits per heavy atom. The second-order valence-electron chi connectivity index (χ2n) is 5.09. The van der Waals surface area contributed by atoms with Crippen LogP contribution in [0.2, 0.25) is 0 Å². The first-order valence-corrected chi connectivity index (χ1v) is 5.45. The van der Waals surface area contributed by atoms with Crippen molar-refractivity contribution in [1.29, 1.82) is 0 Å². The van der Waals surface area contributed by atoms with Crippen molar-refractivity contribution in [3.05, 3.63) is 0 Å². The summed E-state index contributed by atoms with van der Waals surface area (Å²) in [6.07, 6.45) is 1.06. The Morgan fingerprint density at radius 3 is 2.33 bits per heavy atom. The Morgan fingerprint density at radius 2 is 2.00 bits per heavy atom. The van der Waals surface area contributed by atoms with Crippen molar-refractivity contribution >= 4 is 5.91 Å². The van der Waals surface area contributed by atoms with Crippen molar-refractivity contribution in [2.75, 3.05) is 6.61 Å². The first kappa shape index (κ1) is 14.4. The largest absolute Gasteiger partial charge is 0.394 e. The number of nitrogens with two attached hydrogens (primary N) is 1. The van der Waals surface area contributed by atoms with Gasteiger partial charge in [-0.25, -0.2) is 0 Å². The Kier molecular flexibility index (Phi) is 5.83. The second kappa shape index (κ2) is 6.08. The van der Waals surface area contributed by atoms with Gasteiger partial charge >= 0.3 is 0 Å². The molecule has 0 aliphatic carbocycles. The van der Waals surface area contributed by atoms with E-state index in [0.717, 1.165) is 0 Å². The van der Waals surface area contributed by atoms with E-state index in [9.17, 15) is 4.79 Å². The Hall–Kier alpha value is -0.610.